The summed E-state index contributed by atoms with van der Waals surface area (Å²) in [6.45, 7) is 10.2. The first kappa shape index (κ1) is 33.6. The highest BCUT2D eigenvalue weighted by Crippen LogP contribution is 2.34. The molecule has 1 atom stereocenters. The van der Waals surface area contributed by atoms with Gasteiger partial charge >= 0.3 is 5.97 Å². The molecule has 1 aromatic heterocycles. The smallest absolute Gasteiger partial charge is 0.305 e. The minimum absolute atomic E-state index is 0.174. The molecule has 0 fully saturated rings. The third-order valence-corrected chi connectivity index (χ3v) is 7.49. The summed E-state index contributed by atoms with van der Waals surface area (Å²) in [4.78, 5) is 15.8. The van der Waals surface area contributed by atoms with Crippen LogP contribution in [0.1, 0.15) is 129 Å². The second-order valence-corrected chi connectivity index (χ2v) is 12.0. The lowest BCUT2D eigenvalue weighted by molar-refractivity contribution is -0.145. The average molecular weight is 550 g/mol. The molecule has 0 unspecified atom stereocenters. The van der Waals surface area contributed by atoms with Gasteiger partial charge in [-0.1, -0.05) is 81.0 Å². The molecule has 0 aliphatic heterocycles. The Balaban J connectivity index is 1.70. The van der Waals surface area contributed by atoms with E-state index in [-0.39, 0.29) is 18.5 Å². The summed E-state index contributed by atoms with van der Waals surface area (Å²) >= 11 is 0. The van der Waals surface area contributed by atoms with Gasteiger partial charge < -0.3 is 14.8 Å². The number of ether oxygens (including phenoxy) is 1. The first-order valence-corrected chi connectivity index (χ1v) is 15.6. The lowest BCUT2D eigenvalue weighted by atomic mass is 9.85. The van der Waals surface area contributed by atoms with Crippen LogP contribution in [0, 0.1) is 0 Å². The van der Waals surface area contributed by atoms with Crippen LogP contribution in [0.2, 0.25) is 0 Å². The molecule has 2 N–H and O–H groups in total. The van der Waals surface area contributed by atoms with E-state index >= 15 is 0 Å². The van der Waals surface area contributed by atoms with E-state index in [0.717, 1.165) is 55.0 Å². The molecule has 0 spiro atoms. The minimum atomic E-state index is -1.02. The first-order chi connectivity index (χ1) is 19.2. The SMILES string of the molecule is CCCCC/C=C\C/C=C\CCCCCCCC(=O)OC[C@H](c1c[nH]c2ccc(CC=C(C)C)cc12)C(C)(C)O. The second-order valence-electron chi connectivity index (χ2n) is 12.0. The molecule has 1 aromatic carbocycles. The number of hydrogen-bond donors (Lipinski definition) is 2. The maximum Gasteiger partial charge on any atom is 0.305 e. The van der Waals surface area contributed by atoms with Crippen molar-refractivity contribution in [2.24, 2.45) is 0 Å². The van der Waals surface area contributed by atoms with Gasteiger partial charge in [0.1, 0.15) is 6.61 Å². The number of esters is 1. The monoisotopic (exact) mass is 549 g/mol. The van der Waals surface area contributed by atoms with Crippen molar-refractivity contribution in [1.29, 1.82) is 0 Å². The van der Waals surface area contributed by atoms with Crippen molar-refractivity contribution in [2.45, 2.75) is 130 Å². The summed E-state index contributed by atoms with van der Waals surface area (Å²) < 4.78 is 5.69. The minimum Gasteiger partial charge on any atom is -0.465 e. The molecule has 0 saturated carbocycles. The number of allylic oxidation sites excluding steroid dienone is 6. The summed E-state index contributed by atoms with van der Waals surface area (Å²) in [6, 6.07) is 6.40. The number of hydrogen-bond acceptors (Lipinski definition) is 3. The standard InChI is InChI=1S/C36H55NO3/c1-6-7-8-9-10-11-12-13-14-15-16-17-18-19-20-21-35(38)40-28-33(36(4,5)39)32-27-37-34-25-24-30(26-31(32)34)23-22-29(2)3/h10-11,13-14,22,24-27,33,37,39H,6-9,12,15-21,23,28H2,1-5H3/b11-10-,14-13-/t33-/m1/s1. The number of rotatable bonds is 20. The summed E-state index contributed by atoms with van der Waals surface area (Å²) in [5, 5.41) is 12.0. The molecule has 0 aliphatic rings. The van der Waals surface area contributed by atoms with Gasteiger partial charge in [-0.15, -0.1) is 0 Å². The zero-order valence-electron chi connectivity index (χ0n) is 25.9. The Morgan fingerprint density at radius 2 is 1.65 bits per heavy atom. The van der Waals surface area contributed by atoms with E-state index in [2.05, 4.69) is 74.3 Å². The van der Waals surface area contributed by atoms with E-state index in [4.69, 9.17) is 4.74 Å². The maximum absolute atomic E-state index is 12.5. The van der Waals surface area contributed by atoms with Gasteiger partial charge in [0.05, 0.1) is 5.60 Å². The van der Waals surface area contributed by atoms with Gasteiger partial charge in [-0.05, 0) is 95.9 Å². The lowest BCUT2D eigenvalue weighted by Crippen LogP contribution is -2.33. The Labute approximate surface area is 244 Å². The highest BCUT2D eigenvalue weighted by atomic mass is 16.5. The molecule has 4 nitrogen and oxygen atoms in total. The Morgan fingerprint density at radius 1 is 0.975 bits per heavy atom. The first-order valence-electron chi connectivity index (χ1n) is 15.6. The Kier molecular flexibility index (Phi) is 15.7. The highest BCUT2D eigenvalue weighted by Gasteiger charge is 2.31. The third-order valence-electron chi connectivity index (χ3n) is 7.49. The Morgan fingerprint density at radius 3 is 2.33 bits per heavy atom. The molecule has 0 amide bonds. The zero-order chi connectivity index (χ0) is 29.2. The molecule has 0 aliphatic carbocycles. The summed E-state index contributed by atoms with van der Waals surface area (Å²) in [7, 11) is 0. The molecule has 40 heavy (non-hydrogen) atoms. The van der Waals surface area contributed by atoms with E-state index in [1.54, 1.807) is 13.8 Å². The van der Waals surface area contributed by atoms with E-state index in [1.165, 1.54) is 49.7 Å². The molecule has 2 rings (SSSR count). The van der Waals surface area contributed by atoms with Gasteiger partial charge in [0.25, 0.3) is 0 Å². The van der Waals surface area contributed by atoms with Crippen LogP contribution >= 0.6 is 0 Å². The van der Waals surface area contributed by atoms with Crippen molar-refractivity contribution < 1.29 is 14.6 Å². The van der Waals surface area contributed by atoms with Crippen molar-refractivity contribution in [3.63, 3.8) is 0 Å². The number of aromatic amines is 1. The second kappa shape index (κ2) is 18.7. The van der Waals surface area contributed by atoms with Crippen molar-refractivity contribution in [2.75, 3.05) is 6.61 Å². The fourth-order valence-corrected chi connectivity index (χ4v) is 4.93. The topological polar surface area (TPSA) is 62.3 Å². The number of aromatic nitrogens is 1. The predicted molar refractivity (Wildman–Crippen MR) is 171 cm³/mol. The van der Waals surface area contributed by atoms with Crippen LogP contribution in [-0.2, 0) is 16.0 Å². The zero-order valence-corrected chi connectivity index (χ0v) is 25.9. The Bertz CT molecular complexity index is 1080. The molecule has 0 saturated heterocycles. The van der Waals surface area contributed by atoms with Crippen molar-refractivity contribution in [3.8, 4) is 0 Å². The van der Waals surface area contributed by atoms with E-state index in [0.29, 0.717) is 6.42 Å². The molecule has 1 heterocycles. The van der Waals surface area contributed by atoms with Crippen LogP contribution in [0.25, 0.3) is 10.9 Å². The number of carbonyl (C=O) groups is 1. The van der Waals surface area contributed by atoms with Gasteiger partial charge in [0.2, 0.25) is 0 Å². The number of fused-ring (bicyclic) bond motifs is 1. The largest absolute Gasteiger partial charge is 0.465 e. The third kappa shape index (κ3) is 13.2. The quantitative estimate of drug-likeness (QED) is 0.0981. The lowest BCUT2D eigenvalue weighted by Gasteiger charge is -2.29. The number of carbonyl (C=O) groups excluding carboxylic acids is 1. The van der Waals surface area contributed by atoms with Crippen molar-refractivity contribution in [3.05, 3.63) is 71.5 Å². The molecular weight excluding hydrogens is 494 g/mol. The number of unbranched alkanes of at least 4 members (excludes halogenated alkanes) is 8. The molecule has 222 valence electrons. The molecule has 2 aromatic rings. The summed E-state index contributed by atoms with van der Waals surface area (Å²) in [5.74, 6) is -0.488. The normalized spacial score (nSPS) is 12.9. The van der Waals surface area contributed by atoms with Crippen LogP contribution in [0.4, 0.5) is 0 Å². The van der Waals surface area contributed by atoms with Gasteiger partial charge in [-0.25, -0.2) is 0 Å². The molecule has 0 bridgehead atoms. The number of aliphatic hydroxyl groups is 1. The fourth-order valence-electron chi connectivity index (χ4n) is 4.93. The van der Waals surface area contributed by atoms with E-state index in [1.807, 2.05) is 6.20 Å². The number of benzene rings is 1. The van der Waals surface area contributed by atoms with Gasteiger partial charge in [-0.2, -0.15) is 0 Å². The summed E-state index contributed by atoms with van der Waals surface area (Å²) in [6.07, 6.45) is 27.4. The maximum atomic E-state index is 12.5. The van der Waals surface area contributed by atoms with Gasteiger partial charge in [0.15, 0.2) is 0 Å². The fraction of sp³-hybridized carbons (Fsp3) is 0.583. The molecule has 0 radical (unpaired) electrons. The number of nitrogens with one attached hydrogen (secondary N) is 1. The molecular formula is C36H55NO3. The highest BCUT2D eigenvalue weighted by molar-refractivity contribution is 5.84. The van der Waals surface area contributed by atoms with E-state index < -0.39 is 5.60 Å². The van der Waals surface area contributed by atoms with Gasteiger partial charge in [0, 0.05) is 29.4 Å². The van der Waals surface area contributed by atoms with E-state index in [9.17, 15) is 9.90 Å². The van der Waals surface area contributed by atoms with Crippen LogP contribution < -0.4 is 0 Å². The summed E-state index contributed by atoms with van der Waals surface area (Å²) in [5.41, 5.74) is 3.51. The molecule has 4 heteroatoms. The van der Waals surface area contributed by atoms with Crippen LogP contribution in [-0.4, -0.2) is 28.3 Å². The van der Waals surface area contributed by atoms with Crippen LogP contribution in [0.15, 0.2) is 60.3 Å². The predicted octanol–water partition coefficient (Wildman–Crippen LogP) is 9.89. The van der Waals surface area contributed by atoms with Crippen LogP contribution in [0.3, 0.4) is 0 Å². The van der Waals surface area contributed by atoms with Crippen molar-refractivity contribution >= 4 is 16.9 Å². The average Bonchev–Trinajstić information content (AvgIpc) is 3.32. The van der Waals surface area contributed by atoms with Gasteiger partial charge in [-0.3, -0.25) is 4.79 Å². The van der Waals surface area contributed by atoms with Crippen molar-refractivity contribution in [1.82, 2.24) is 4.98 Å². The Hall–Kier alpha value is -2.59. The number of H-pyrrole nitrogens is 1. The van der Waals surface area contributed by atoms with Crippen LogP contribution in [0.5, 0.6) is 0 Å².